The van der Waals surface area contributed by atoms with E-state index >= 15 is 0 Å². The van der Waals surface area contributed by atoms with Gasteiger partial charge in [-0.15, -0.1) is 0 Å². The third kappa shape index (κ3) is 5.89. The van der Waals surface area contributed by atoms with Gasteiger partial charge in [0.2, 0.25) is 0 Å². The monoisotopic (exact) mass is 512 g/mol. The van der Waals surface area contributed by atoms with Crippen LogP contribution in [0.25, 0.3) is 0 Å². The summed E-state index contributed by atoms with van der Waals surface area (Å²) >= 11 is 0. The summed E-state index contributed by atoms with van der Waals surface area (Å²) in [5.74, 6) is -1.13. The minimum absolute atomic E-state index is 0.0403. The van der Waals surface area contributed by atoms with Gasteiger partial charge in [0.1, 0.15) is 11.4 Å². The van der Waals surface area contributed by atoms with Crippen LogP contribution in [0.15, 0.2) is 97.5 Å². The van der Waals surface area contributed by atoms with E-state index in [1.54, 1.807) is 24.2 Å². The van der Waals surface area contributed by atoms with Crippen LogP contribution in [0.1, 0.15) is 39.9 Å². The van der Waals surface area contributed by atoms with E-state index in [-0.39, 0.29) is 24.9 Å². The van der Waals surface area contributed by atoms with Crippen LogP contribution in [0.4, 0.5) is 4.39 Å². The standard InChI is InChI=1S/C31H33FN4O2/c1-3-35-30(38)31(33-2,22-36-21-25-15-16-27(32)19-28(25)29(36)37)26-13-9-7-5-4-6-8-11-24-20-34-18-17-23(24)12-10-14-26/h3-5,7,9-10,13-20,33H,1,6,8,11-12,21-22H2,2H3,(H,35,38)/b5-4+,9-7+,14-10-,26-13+. The highest BCUT2D eigenvalue weighted by atomic mass is 19.1. The summed E-state index contributed by atoms with van der Waals surface area (Å²) in [6.07, 6.45) is 22.4. The lowest BCUT2D eigenvalue weighted by atomic mass is 9.86. The molecule has 1 aromatic heterocycles. The van der Waals surface area contributed by atoms with Crippen LogP contribution in [0.5, 0.6) is 0 Å². The summed E-state index contributed by atoms with van der Waals surface area (Å²) in [5, 5.41) is 5.92. The van der Waals surface area contributed by atoms with Gasteiger partial charge in [-0.05, 0) is 79.4 Å². The molecule has 2 heterocycles. The van der Waals surface area contributed by atoms with E-state index in [4.69, 9.17) is 0 Å². The quantitative estimate of drug-likeness (QED) is 0.595. The Hall–Kier alpha value is -4.10. The first-order valence-corrected chi connectivity index (χ1v) is 12.8. The number of carbonyl (C=O) groups is 2. The number of rotatable bonds is 6. The number of benzene rings is 1. The third-order valence-corrected chi connectivity index (χ3v) is 7.01. The number of amides is 2. The minimum Gasteiger partial charge on any atom is -0.332 e. The van der Waals surface area contributed by atoms with E-state index in [9.17, 15) is 14.0 Å². The zero-order valence-electron chi connectivity index (χ0n) is 21.6. The van der Waals surface area contributed by atoms with Crippen molar-refractivity contribution < 1.29 is 14.0 Å². The van der Waals surface area contributed by atoms with Gasteiger partial charge >= 0.3 is 0 Å². The Morgan fingerprint density at radius 1 is 1.18 bits per heavy atom. The summed E-state index contributed by atoms with van der Waals surface area (Å²) < 4.78 is 13.9. The van der Waals surface area contributed by atoms with Gasteiger partial charge in [-0.2, -0.15) is 0 Å². The van der Waals surface area contributed by atoms with Gasteiger partial charge in [-0.1, -0.05) is 55.2 Å². The second-order valence-corrected chi connectivity index (χ2v) is 9.37. The summed E-state index contributed by atoms with van der Waals surface area (Å²) in [6, 6.07) is 6.25. The molecule has 0 fully saturated rings. The van der Waals surface area contributed by atoms with Gasteiger partial charge < -0.3 is 15.5 Å². The third-order valence-electron chi connectivity index (χ3n) is 7.01. The largest absolute Gasteiger partial charge is 0.332 e. The van der Waals surface area contributed by atoms with Crippen molar-refractivity contribution in [2.45, 2.75) is 37.8 Å². The molecule has 2 N–H and O–H groups in total. The van der Waals surface area contributed by atoms with Crippen molar-refractivity contribution in [2.75, 3.05) is 13.6 Å². The van der Waals surface area contributed by atoms with Gasteiger partial charge in [0.05, 0.1) is 6.54 Å². The molecule has 2 amide bonds. The number of allylic oxidation sites excluding steroid dienone is 6. The van der Waals surface area contributed by atoms with Crippen LogP contribution >= 0.6 is 0 Å². The van der Waals surface area contributed by atoms with Crippen LogP contribution < -0.4 is 10.6 Å². The van der Waals surface area contributed by atoms with Crippen molar-refractivity contribution in [3.63, 3.8) is 0 Å². The molecule has 0 radical (unpaired) electrons. The fraction of sp³-hybridized carbons (Fsp3) is 0.258. The first-order chi connectivity index (χ1) is 18.5. The van der Waals surface area contributed by atoms with Crippen molar-refractivity contribution in [3.05, 3.63) is 126 Å². The highest BCUT2D eigenvalue weighted by Gasteiger charge is 2.43. The van der Waals surface area contributed by atoms with Crippen LogP contribution in [0.3, 0.4) is 0 Å². The van der Waals surface area contributed by atoms with Gasteiger partial charge in [0, 0.05) is 24.5 Å². The van der Waals surface area contributed by atoms with Crippen LogP contribution in [0.2, 0.25) is 0 Å². The molecule has 1 atom stereocenters. The fourth-order valence-corrected chi connectivity index (χ4v) is 4.94. The lowest BCUT2D eigenvalue weighted by Gasteiger charge is -2.36. The molecule has 0 saturated carbocycles. The second kappa shape index (κ2) is 12.4. The normalized spacial score (nSPS) is 21.1. The average molecular weight is 513 g/mol. The number of carbonyl (C=O) groups excluding carboxylic acids is 2. The van der Waals surface area contributed by atoms with Crippen LogP contribution in [0, 0.1) is 5.82 Å². The molecule has 196 valence electrons. The van der Waals surface area contributed by atoms with Crippen LogP contribution in [-0.2, 0) is 24.2 Å². The number of aromatic nitrogens is 1. The SMILES string of the molecule is C=CNC(=O)C(CN1Cc2ccc(F)cc2C1=O)(NC)C1=C/C=C/C=C/CCCc2cnccc2C/C=C\1. The number of halogens is 1. The van der Waals surface area contributed by atoms with Gasteiger partial charge in [0.15, 0.2) is 0 Å². The minimum atomic E-state index is -1.30. The summed E-state index contributed by atoms with van der Waals surface area (Å²) in [7, 11) is 1.70. The van der Waals surface area contributed by atoms with Crippen molar-refractivity contribution in [1.82, 2.24) is 20.5 Å². The molecule has 0 saturated heterocycles. The Bertz CT molecular complexity index is 1330. The summed E-state index contributed by atoms with van der Waals surface area (Å²) in [4.78, 5) is 32.7. The molecule has 2 aliphatic rings. The number of nitrogens with zero attached hydrogens (tertiary/aromatic N) is 2. The molecule has 1 aliphatic heterocycles. The highest BCUT2D eigenvalue weighted by Crippen LogP contribution is 2.29. The smallest absolute Gasteiger partial charge is 0.254 e. The number of fused-ring (bicyclic) bond motifs is 2. The van der Waals surface area contributed by atoms with Crippen molar-refractivity contribution >= 4 is 11.8 Å². The lowest BCUT2D eigenvalue weighted by Crippen LogP contribution is -2.62. The molecular weight excluding hydrogens is 479 g/mol. The van der Waals surface area contributed by atoms with E-state index in [1.807, 2.05) is 48.7 Å². The fourth-order valence-electron chi connectivity index (χ4n) is 4.94. The van der Waals surface area contributed by atoms with Gasteiger partial charge in [0.25, 0.3) is 11.8 Å². The maximum atomic E-state index is 13.9. The maximum Gasteiger partial charge on any atom is 0.254 e. The predicted octanol–water partition coefficient (Wildman–Crippen LogP) is 4.57. The second-order valence-electron chi connectivity index (χ2n) is 9.37. The highest BCUT2D eigenvalue weighted by molar-refractivity contribution is 5.99. The first-order valence-electron chi connectivity index (χ1n) is 12.8. The zero-order chi connectivity index (χ0) is 27.0. The molecule has 38 heavy (non-hydrogen) atoms. The van der Waals surface area contributed by atoms with E-state index in [1.165, 1.54) is 29.5 Å². The van der Waals surface area contributed by atoms with Crippen LogP contribution in [-0.4, -0.2) is 40.8 Å². The molecule has 2 aromatic rings. The number of likely N-dealkylation sites (N-methyl/N-ethyl adjacent to an activating group) is 1. The van der Waals surface area contributed by atoms with E-state index in [2.05, 4.69) is 28.3 Å². The molecule has 1 aromatic carbocycles. The predicted molar refractivity (Wildman–Crippen MR) is 148 cm³/mol. The molecule has 0 bridgehead atoms. The Labute approximate surface area is 223 Å². The summed E-state index contributed by atoms with van der Waals surface area (Å²) in [5.41, 5.74) is 2.83. The van der Waals surface area contributed by atoms with E-state index < -0.39 is 11.4 Å². The maximum absolute atomic E-state index is 13.9. The molecule has 1 aliphatic carbocycles. The van der Waals surface area contributed by atoms with Crippen molar-refractivity contribution in [2.24, 2.45) is 0 Å². The Kier molecular flexibility index (Phi) is 8.81. The van der Waals surface area contributed by atoms with E-state index in [0.29, 0.717) is 17.6 Å². The summed E-state index contributed by atoms with van der Waals surface area (Å²) in [6.45, 7) is 3.99. The number of pyridine rings is 1. The Morgan fingerprint density at radius 2 is 2.05 bits per heavy atom. The number of hydrogen-bond donors (Lipinski definition) is 2. The number of hydrogen-bond acceptors (Lipinski definition) is 4. The molecule has 4 rings (SSSR count). The topological polar surface area (TPSA) is 74.3 Å². The van der Waals surface area contributed by atoms with Gasteiger partial charge in [-0.25, -0.2) is 4.39 Å². The molecule has 7 heteroatoms. The van der Waals surface area contributed by atoms with Crippen molar-refractivity contribution in [1.29, 1.82) is 0 Å². The first kappa shape index (κ1) is 26.9. The van der Waals surface area contributed by atoms with E-state index in [0.717, 1.165) is 24.8 Å². The molecule has 1 unspecified atom stereocenters. The average Bonchev–Trinajstić information content (AvgIpc) is 3.22. The molecule has 0 spiro atoms. The van der Waals surface area contributed by atoms with Gasteiger partial charge in [-0.3, -0.25) is 14.6 Å². The number of nitrogens with one attached hydrogen (secondary N) is 2. The number of aryl methyl sites for hydroxylation is 1. The van der Waals surface area contributed by atoms with Crippen molar-refractivity contribution in [3.8, 4) is 0 Å². The molecular formula is C31H33FN4O2. The zero-order valence-corrected chi connectivity index (χ0v) is 21.6. The molecule has 6 nitrogen and oxygen atoms in total. The lowest BCUT2D eigenvalue weighted by molar-refractivity contribution is -0.125. The Balaban J connectivity index is 1.74. The Morgan fingerprint density at radius 3 is 2.87 bits per heavy atom.